The van der Waals surface area contributed by atoms with Gasteiger partial charge in [0.2, 0.25) is 37.8 Å². The van der Waals surface area contributed by atoms with Crippen LogP contribution in [0.25, 0.3) is 32.5 Å². The standard InChI is InChI=1S/C60H78FN7O20S2/c1-6-60(75)42-32-46-52-40(34-68(46)57(73)41(42)35-88-58(60)74)39-9-14-87-54-50(39)45(64-52)33-43(61)53(54)67-55(71)37(4)63-56(72)51(36(2)3)66-49(70)10-13-78-17-19-80-21-23-82-25-27-84-29-30-85-28-26-83-24-22-81-20-18-79-16-12-62-48(69)11-15-86-38-7-8-44-47(31-38)89-59(65-44)90(5,76)77/h7-8,31-33,36-37,51,75H,6,9-30,34-35H2,1-5H3,(H,62,69)(H,63,72)(H,66,70)(H,67,71)/t37-,51-,60-/m0/s1. The molecule has 5 N–H and O–H groups in total. The fraction of sp³-hybridized carbons (Fsp3) is 0.567. The predicted molar refractivity (Wildman–Crippen MR) is 324 cm³/mol. The van der Waals surface area contributed by atoms with Gasteiger partial charge >= 0.3 is 5.97 Å². The average Bonchev–Trinajstić information content (AvgIpc) is 1.49. The van der Waals surface area contributed by atoms with Crippen molar-refractivity contribution in [1.29, 1.82) is 0 Å². The molecule has 3 aromatic heterocycles. The van der Waals surface area contributed by atoms with Crippen LogP contribution in [0.1, 0.15) is 69.2 Å². The lowest BCUT2D eigenvalue weighted by Crippen LogP contribution is -2.53. The number of rotatable bonds is 39. The summed E-state index contributed by atoms with van der Waals surface area (Å²) in [6.07, 6.45) is 1.58. The second-order valence-electron chi connectivity index (χ2n) is 21.6. The molecule has 3 atom stereocenters. The van der Waals surface area contributed by atoms with Crippen LogP contribution in [-0.4, -0.2) is 201 Å². The SMILES string of the molecule is CC[C@@]1(O)C(=O)OCc2c1cc1n(c2=O)Cc2c-1nc1cc(F)c(NC(=O)[C@H](C)NC(=O)[C@@H](NC(=O)CCOCCOCCOCCOCCOCCOCCOCCOCCNC(=O)CCOc3ccc4nc(S(C)(=O)=O)sc4c3)C(C)C)c3c1c2CCO3. The van der Waals surface area contributed by atoms with Crippen LogP contribution in [-0.2, 0) is 102 Å². The van der Waals surface area contributed by atoms with E-state index in [1.54, 1.807) is 45.0 Å². The number of benzene rings is 2. The average molecular weight is 1300 g/mol. The number of amides is 4. The van der Waals surface area contributed by atoms with E-state index < -0.39 is 62.6 Å². The van der Waals surface area contributed by atoms with Crippen LogP contribution in [0, 0.1) is 11.7 Å². The number of ether oxygens (including phenoxy) is 11. The third-order valence-corrected chi connectivity index (χ3v) is 17.5. The number of aromatic nitrogens is 3. The van der Waals surface area contributed by atoms with E-state index in [0.717, 1.165) is 29.2 Å². The number of nitrogens with zero attached hydrogens (tertiary/aromatic N) is 3. The number of fused-ring (bicyclic) bond motifs is 6. The Labute approximate surface area is 523 Å². The van der Waals surface area contributed by atoms with E-state index in [-0.39, 0.29) is 110 Å². The van der Waals surface area contributed by atoms with E-state index in [1.807, 2.05) is 0 Å². The number of carbonyl (C=O) groups excluding carboxylic acids is 5. The number of pyridine rings is 2. The summed E-state index contributed by atoms with van der Waals surface area (Å²) in [6.45, 7) is 12.4. The van der Waals surface area contributed by atoms with Gasteiger partial charge < -0.3 is 83.0 Å². The largest absolute Gasteiger partial charge is 0.493 e. The van der Waals surface area contributed by atoms with Crippen molar-refractivity contribution in [3.8, 4) is 22.9 Å². The first-order valence-corrected chi connectivity index (χ1v) is 32.5. The van der Waals surface area contributed by atoms with Crippen LogP contribution in [0.3, 0.4) is 0 Å². The Hall–Kier alpha value is -6.84. The van der Waals surface area contributed by atoms with Crippen molar-refractivity contribution in [3.05, 3.63) is 68.8 Å². The number of hydrogen-bond donors (Lipinski definition) is 5. The minimum atomic E-state index is -3.39. The Morgan fingerprint density at radius 2 is 1.33 bits per heavy atom. The van der Waals surface area contributed by atoms with Gasteiger partial charge in [-0.1, -0.05) is 20.8 Å². The third-order valence-electron chi connectivity index (χ3n) is 14.8. The van der Waals surface area contributed by atoms with E-state index in [0.29, 0.717) is 137 Å². The smallest absolute Gasteiger partial charge is 0.343 e. The highest BCUT2D eigenvalue weighted by Gasteiger charge is 2.46. The molecule has 6 heterocycles. The topological polar surface area (TPSA) is 337 Å². The molecular weight excluding hydrogens is 1220 g/mol. The molecule has 0 saturated carbocycles. The number of sulfone groups is 1. The monoisotopic (exact) mass is 1300 g/mol. The maximum atomic E-state index is 16.1. The number of nitrogens with one attached hydrogen (secondary N) is 4. The van der Waals surface area contributed by atoms with Crippen molar-refractivity contribution in [1.82, 2.24) is 30.5 Å². The molecule has 3 aliphatic rings. The number of carbonyl (C=O) groups is 5. The molecule has 0 aliphatic carbocycles. The van der Waals surface area contributed by atoms with Crippen molar-refractivity contribution >= 4 is 77.6 Å². The maximum absolute atomic E-state index is 16.1. The minimum Gasteiger partial charge on any atom is -0.493 e. The second-order valence-corrected chi connectivity index (χ2v) is 24.8. The molecule has 0 radical (unpaired) electrons. The van der Waals surface area contributed by atoms with Gasteiger partial charge in [0.25, 0.3) is 5.56 Å². The Kier molecular flexibility index (Phi) is 25.3. The van der Waals surface area contributed by atoms with Crippen molar-refractivity contribution < 1.29 is 94.0 Å². The number of aliphatic hydroxyl groups is 1. The third kappa shape index (κ3) is 18.0. The molecule has 0 saturated heterocycles. The fourth-order valence-electron chi connectivity index (χ4n) is 9.99. The number of thiazole rings is 1. The van der Waals surface area contributed by atoms with Crippen LogP contribution < -0.4 is 36.3 Å². The summed E-state index contributed by atoms with van der Waals surface area (Å²) in [7, 11) is -3.39. The van der Waals surface area contributed by atoms with Crippen LogP contribution in [0.15, 0.2) is 39.5 Å². The van der Waals surface area contributed by atoms with Crippen LogP contribution in [0.5, 0.6) is 11.5 Å². The fourth-order valence-corrected chi connectivity index (χ4v) is 11.9. The molecule has 0 spiro atoms. The zero-order valence-corrected chi connectivity index (χ0v) is 52.7. The van der Waals surface area contributed by atoms with E-state index in [1.165, 1.54) is 11.5 Å². The summed E-state index contributed by atoms with van der Waals surface area (Å²) in [6, 6.07) is 5.63. The second kappa shape index (κ2) is 32.9. The Morgan fingerprint density at radius 1 is 0.733 bits per heavy atom. The molecule has 8 rings (SSSR count). The van der Waals surface area contributed by atoms with Crippen molar-refractivity contribution in [2.45, 2.75) is 88.6 Å². The molecule has 4 amide bonds. The Morgan fingerprint density at radius 3 is 1.93 bits per heavy atom. The summed E-state index contributed by atoms with van der Waals surface area (Å²) < 4.78 is 103. The first-order chi connectivity index (χ1) is 43.3. The quantitative estimate of drug-likeness (QED) is 0.0274. The molecule has 90 heavy (non-hydrogen) atoms. The first-order valence-electron chi connectivity index (χ1n) is 29.8. The number of halogens is 1. The zero-order valence-electron chi connectivity index (χ0n) is 51.0. The van der Waals surface area contributed by atoms with Gasteiger partial charge in [-0.15, -0.1) is 11.3 Å². The normalized spacial score (nSPS) is 15.6. The highest BCUT2D eigenvalue weighted by molar-refractivity contribution is 7.92. The van der Waals surface area contributed by atoms with Gasteiger partial charge in [0, 0.05) is 48.2 Å². The van der Waals surface area contributed by atoms with Gasteiger partial charge in [0.15, 0.2) is 17.2 Å². The lowest BCUT2D eigenvalue weighted by Gasteiger charge is -2.31. The van der Waals surface area contributed by atoms with Gasteiger partial charge in [-0.2, -0.15) is 0 Å². The molecule has 0 unspecified atom stereocenters. The van der Waals surface area contributed by atoms with Crippen molar-refractivity contribution in [2.75, 3.05) is 137 Å². The molecule has 0 fully saturated rings. The van der Waals surface area contributed by atoms with Gasteiger partial charge in [-0.25, -0.2) is 27.6 Å². The van der Waals surface area contributed by atoms with E-state index in [2.05, 4.69) is 26.3 Å². The highest BCUT2D eigenvalue weighted by atomic mass is 32.2. The highest BCUT2D eigenvalue weighted by Crippen LogP contribution is 2.46. The minimum absolute atomic E-state index is 0.0234. The molecule has 5 aromatic rings. The lowest BCUT2D eigenvalue weighted by molar-refractivity contribution is -0.172. The molecule has 2 aromatic carbocycles. The number of hydrogen-bond acceptors (Lipinski definition) is 23. The molecule has 3 aliphatic heterocycles. The molecule has 27 nitrogen and oxygen atoms in total. The van der Waals surface area contributed by atoms with Crippen LogP contribution in [0.2, 0.25) is 0 Å². The van der Waals surface area contributed by atoms with Crippen molar-refractivity contribution in [2.24, 2.45) is 5.92 Å². The molecule has 30 heteroatoms. The number of cyclic esters (lactones) is 1. The Balaban J connectivity index is 0.597. The lowest BCUT2D eigenvalue weighted by atomic mass is 9.86. The zero-order chi connectivity index (χ0) is 64.4. The van der Waals surface area contributed by atoms with E-state index >= 15 is 4.39 Å². The molecule has 0 bridgehead atoms. The van der Waals surface area contributed by atoms with Crippen molar-refractivity contribution in [3.63, 3.8) is 0 Å². The van der Waals surface area contributed by atoms with Gasteiger partial charge in [0.1, 0.15) is 30.1 Å². The van der Waals surface area contributed by atoms with Crippen LogP contribution in [0.4, 0.5) is 10.1 Å². The Bertz CT molecular complexity index is 3530. The van der Waals surface area contributed by atoms with Gasteiger partial charge in [-0.3, -0.25) is 24.0 Å². The van der Waals surface area contributed by atoms with Crippen LogP contribution >= 0.6 is 11.3 Å². The summed E-state index contributed by atoms with van der Waals surface area (Å²) >= 11 is 1.07. The van der Waals surface area contributed by atoms with E-state index in [4.69, 9.17) is 57.1 Å². The summed E-state index contributed by atoms with van der Waals surface area (Å²) in [4.78, 5) is 87.4. The summed E-state index contributed by atoms with van der Waals surface area (Å²) in [5.41, 5.74) is 0.599. The number of anilines is 1. The molecule has 492 valence electrons. The molecular formula is C60H78FN7O20S2. The predicted octanol–water partition coefficient (Wildman–Crippen LogP) is 2.86. The van der Waals surface area contributed by atoms with E-state index in [9.17, 15) is 42.3 Å². The number of esters is 1. The summed E-state index contributed by atoms with van der Waals surface area (Å²) in [5.74, 6) is -3.51. The van der Waals surface area contributed by atoms with Gasteiger partial charge in [0.05, 0.1) is 165 Å². The first kappa shape index (κ1) is 69.1. The summed E-state index contributed by atoms with van der Waals surface area (Å²) in [5, 5.41) is 22.4. The maximum Gasteiger partial charge on any atom is 0.343 e. The van der Waals surface area contributed by atoms with Gasteiger partial charge in [-0.05, 0) is 49.1 Å².